The summed E-state index contributed by atoms with van der Waals surface area (Å²) in [5.74, 6) is -0.485. The molecule has 0 saturated heterocycles. The Morgan fingerprint density at radius 2 is 1.83 bits per heavy atom. The van der Waals surface area contributed by atoms with Crippen molar-refractivity contribution in [1.82, 2.24) is 5.32 Å². The summed E-state index contributed by atoms with van der Waals surface area (Å²) in [6.07, 6.45) is 0.911. The first-order valence-corrected chi connectivity index (χ1v) is 7.54. The minimum Gasteiger partial charge on any atom is -0.385 e. The zero-order chi connectivity index (χ0) is 17.4. The highest BCUT2D eigenvalue weighted by molar-refractivity contribution is 5.75. The van der Waals surface area contributed by atoms with Gasteiger partial charge in [-0.25, -0.2) is 4.39 Å². The topological polar surface area (TPSA) is 84.3 Å². The third kappa shape index (κ3) is 5.35. The number of benzene rings is 2. The van der Waals surface area contributed by atoms with E-state index in [9.17, 15) is 19.3 Å². The van der Waals surface area contributed by atoms with Gasteiger partial charge in [0.2, 0.25) is 5.91 Å². The van der Waals surface area contributed by atoms with Gasteiger partial charge in [0.05, 0.1) is 4.92 Å². The van der Waals surface area contributed by atoms with Crippen LogP contribution in [-0.2, 0) is 11.3 Å². The van der Waals surface area contributed by atoms with Crippen LogP contribution in [0.4, 0.5) is 15.8 Å². The second kappa shape index (κ2) is 8.61. The Labute approximate surface area is 138 Å². The summed E-state index contributed by atoms with van der Waals surface area (Å²) in [5.41, 5.74) is 1.25. The number of anilines is 1. The Hall–Kier alpha value is -2.96. The van der Waals surface area contributed by atoms with Crippen LogP contribution in [0.3, 0.4) is 0 Å². The van der Waals surface area contributed by atoms with E-state index >= 15 is 0 Å². The number of nitro benzene ring substituents is 1. The zero-order valence-electron chi connectivity index (χ0n) is 13.0. The van der Waals surface area contributed by atoms with Gasteiger partial charge in [-0.2, -0.15) is 0 Å². The molecule has 0 atom stereocenters. The van der Waals surface area contributed by atoms with Crippen LogP contribution in [0.1, 0.15) is 18.4 Å². The van der Waals surface area contributed by atoms with Crippen molar-refractivity contribution in [3.05, 3.63) is 70.0 Å². The maximum atomic E-state index is 13.4. The van der Waals surface area contributed by atoms with Crippen molar-refractivity contribution in [3.63, 3.8) is 0 Å². The number of non-ortho nitro benzene ring substituents is 1. The first-order valence-electron chi connectivity index (χ1n) is 7.54. The molecular formula is C17H18FN3O3. The number of halogens is 1. The first kappa shape index (κ1) is 17.4. The maximum Gasteiger partial charge on any atom is 0.269 e. The van der Waals surface area contributed by atoms with Crippen molar-refractivity contribution in [3.8, 4) is 0 Å². The quantitative estimate of drug-likeness (QED) is 0.442. The van der Waals surface area contributed by atoms with Crippen molar-refractivity contribution in [1.29, 1.82) is 0 Å². The summed E-state index contributed by atoms with van der Waals surface area (Å²) in [5, 5.41) is 16.3. The van der Waals surface area contributed by atoms with Crippen LogP contribution in [0.25, 0.3) is 0 Å². The van der Waals surface area contributed by atoms with Crippen molar-refractivity contribution in [2.75, 3.05) is 11.9 Å². The molecule has 0 spiro atoms. The number of nitrogens with zero attached hydrogens (tertiary/aromatic N) is 1. The minimum absolute atomic E-state index is 0.0353. The van der Waals surface area contributed by atoms with Crippen molar-refractivity contribution >= 4 is 17.3 Å². The molecule has 0 heterocycles. The number of hydrogen-bond donors (Lipinski definition) is 2. The van der Waals surface area contributed by atoms with Gasteiger partial charge in [-0.05, 0) is 24.6 Å². The molecule has 7 heteroatoms. The first-order chi connectivity index (χ1) is 11.6. The van der Waals surface area contributed by atoms with E-state index in [2.05, 4.69) is 10.6 Å². The fourth-order valence-electron chi connectivity index (χ4n) is 2.11. The molecule has 126 valence electrons. The summed E-state index contributed by atoms with van der Waals surface area (Å²) in [6.45, 7) is 0.728. The van der Waals surface area contributed by atoms with Gasteiger partial charge in [0, 0.05) is 42.9 Å². The number of amides is 1. The third-order valence-electron chi connectivity index (χ3n) is 3.42. The molecule has 0 saturated carbocycles. The second-order valence-corrected chi connectivity index (χ2v) is 5.20. The van der Waals surface area contributed by atoms with Crippen molar-refractivity contribution in [2.45, 2.75) is 19.4 Å². The number of rotatable bonds is 8. The Morgan fingerprint density at radius 1 is 1.12 bits per heavy atom. The lowest BCUT2D eigenvalue weighted by Crippen LogP contribution is -2.23. The van der Waals surface area contributed by atoms with Crippen molar-refractivity contribution < 1.29 is 14.1 Å². The van der Waals surface area contributed by atoms with Gasteiger partial charge >= 0.3 is 0 Å². The summed E-state index contributed by atoms with van der Waals surface area (Å²) >= 11 is 0. The van der Waals surface area contributed by atoms with E-state index in [-0.39, 0.29) is 24.0 Å². The highest BCUT2D eigenvalue weighted by Crippen LogP contribution is 2.15. The van der Waals surface area contributed by atoms with Crippen LogP contribution in [-0.4, -0.2) is 17.4 Å². The largest absolute Gasteiger partial charge is 0.385 e. The van der Waals surface area contributed by atoms with Crippen LogP contribution in [0, 0.1) is 15.9 Å². The van der Waals surface area contributed by atoms with E-state index in [1.165, 1.54) is 18.2 Å². The van der Waals surface area contributed by atoms with E-state index in [4.69, 9.17) is 0 Å². The minimum atomic E-state index is -0.455. The molecule has 0 aliphatic carbocycles. The molecule has 0 bridgehead atoms. The summed E-state index contributed by atoms with van der Waals surface area (Å²) in [4.78, 5) is 21.8. The molecule has 2 aromatic carbocycles. The standard InChI is InChI=1S/C17H18FN3O3/c18-16-5-2-1-4-13(16)12-20-17(22)6-3-11-19-14-7-9-15(10-8-14)21(23)24/h1-2,4-5,7-10,19H,3,6,11-12H2,(H,20,22). The van der Waals surface area contributed by atoms with E-state index in [1.54, 1.807) is 30.3 Å². The van der Waals surface area contributed by atoms with Crippen LogP contribution >= 0.6 is 0 Å². The fourth-order valence-corrected chi connectivity index (χ4v) is 2.11. The molecule has 24 heavy (non-hydrogen) atoms. The lowest BCUT2D eigenvalue weighted by molar-refractivity contribution is -0.384. The van der Waals surface area contributed by atoms with Crippen LogP contribution in [0.2, 0.25) is 0 Å². The normalized spacial score (nSPS) is 10.2. The molecule has 2 rings (SSSR count). The molecular weight excluding hydrogens is 313 g/mol. The Bertz CT molecular complexity index is 704. The summed E-state index contributed by atoms with van der Waals surface area (Å²) in [6, 6.07) is 12.4. The molecule has 6 nitrogen and oxygen atoms in total. The predicted octanol–water partition coefficient (Wildman–Crippen LogP) is 3.24. The van der Waals surface area contributed by atoms with Crippen LogP contribution in [0.15, 0.2) is 48.5 Å². The zero-order valence-corrected chi connectivity index (χ0v) is 13.0. The predicted molar refractivity (Wildman–Crippen MR) is 89.1 cm³/mol. The van der Waals surface area contributed by atoms with E-state index in [0.717, 1.165) is 5.69 Å². The van der Waals surface area contributed by atoms with Gasteiger partial charge in [0.15, 0.2) is 0 Å². The number of carbonyl (C=O) groups is 1. The molecule has 0 aliphatic heterocycles. The number of hydrogen-bond acceptors (Lipinski definition) is 4. The second-order valence-electron chi connectivity index (χ2n) is 5.20. The average Bonchev–Trinajstić information content (AvgIpc) is 2.58. The van der Waals surface area contributed by atoms with Gasteiger partial charge in [-0.15, -0.1) is 0 Å². The number of carbonyl (C=O) groups excluding carboxylic acids is 1. The number of nitro groups is 1. The lowest BCUT2D eigenvalue weighted by atomic mass is 10.2. The van der Waals surface area contributed by atoms with E-state index in [0.29, 0.717) is 24.9 Å². The Kier molecular flexibility index (Phi) is 6.24. The summed E-state index contributed by atoms with van der Waals surface area (Å²) < 4.78 is 13.4. The molecule has 2 N–H and O–H groups in total. The van der Waals surface area contributed by atoms with Gasteiger partial charge in [-0.1, -0.05) is 18.2 Å². The highest BCUT2D eigenvalue weighted by atomic mass is 19.1. The van der Waals surface area contributed by atoms with E-state index < -0.39 is 4.92 Å². The van der Waals surface area contributed by atoms with Crippen LogP contribution in [0.5, 0.6) is 0 Å². The van der Waals surface area contributed by atoms with Gasteiger partial charge < -0.3 is 10.6 Å². The van der Waals surface area contributed by atoms with Crippen molar-refractivity contribution in [2.24, 2.45) is 0 Å². The van der Waals surface area contributed by atoms with Crippen LogP contribution < -0.4 is 10.6 Å². The molecule has 0 unspecified atom stereocenters. The summed E-state index contributed by atoms with van der Waals surface area (Å²) in [7, 11) is 0. The van der Waals surface area contributed by atoms with E-state index in [1.807, 2.05) is 0 Å². The Morgan fingerprint density at radius 3 is 2.50 bits per heavy atom. The lowest BCUT2D eigenvalue weighted by Gasteiger charge is -2.08. The Balaban J connectivity index is 1.65. The molecule has 1 amide bonds. The third-order valence-corrected chi connectivity index (χ3v) is 3.42. The average molecular weight is 331 g/mol. The smallest absolute Gasteiger partial charge is 0.269 e. The molecule has 2 aromatic rings. The maximum absolute atomic E-state index is 13.4. The van der Waals surface area contributed by atoms with Gasteiger partial charge in [-0.3, -0.25) is 14.9 Å². The fraction of sp³-hybridized carbons (Fsp3) is 0.235. The molecule has 0 fully saturated rings. The number of nitrogens with one attached hydrogen (secondary N) is 2. The molecule has 0 aliphatic rings. The van der Waals surface area contributed by atoms with Gasteiger partial charge in [0.1, 0.15) is 5.82 Å². The highest BCUT2D eigenvalue weighted by Gasteiger charge is 2.05. The van der Waals surface area contributed by atoms with Gasteiger partial charge in [0.25, 0.3) is 5.69 Å². The monoisotopic (exact) mass is 331 g/mol. The molecule has 0 aromatic heterocycles. The SMILES string of the molecule is O=C(CCCNc1ccc([N+](=O)[O-])cc1)NCc1ccccc1F. The molecule has 0 radical (unpaired) electrons.